The molecule has 0 bridgehead atoms. The average molecular weight is 402 g/mol. The minimum atomic E-state index is -0.142. The summed E-state index contributed by atoms with van der Waals surface area (Å²) < 4.78 is 0.989. The van der Waals surface area contributed by atoms with Gasteiger partial charge in [-0.05, 0) is 61.7 Å². The summed E-state index contributed by atoms with van der Waals surface area (Å²) in [5.41, 5.74) is 3.18. The average Bonchev–Trinajstić information content (AvgIpc) is 3.43. The molecule has 3 N–H and O–H groups in total. The fourth-order valence-corrected chi connectivity index (χ4v) is 2.70. The first kappa shape index (κ1) is 17.5. The van der Waals surface area contributed by atoms with Crippen LogP contribution in [0.25, 0.3) is 0 Å². The first-order valence-electron chi connectivity index (χ1n) is 8.22. The number of hydrogen-bond acceptors (Lipinski definition) is 3. The molecule has 3 rings (SSSR count). The fourth-order valence-electron chi connectivity index (χ4n) is 2.43. The molecule has 0 heterocycles. The van der Waals surface area contributed by atoms with Gasteiger partial charge in [-0.25, -0.2) is 0 Å². The fraction of sp³-hybridized carbons (Fsp3) is 0.263. The van der Waals surface area contributed by atoms with Crippen LogP contribution in [-0.4, -0.2) is 18.4 Å². The predicted octanol–water partition coefficient (Wildman–Crippen LogP) is 4.16. The van der Waals surface area contributed by atoms with Gasteiger partial charge in [-0.15, -0.1) is 0 Å². The van der Waals surface area contributed by atoms with Crippen LogP contribution in [0.3, 0.4) is 0 Å². The molecule has 2 aromatic carbocycles. The van der Waals surface area contributed by atoms with Gasteiger partial charge in [0.1, 0.15) is 0 Å². The second-order valence-electron chi connectivity index (χ2n) is 6.15. The van der Waals surface area contributed by atoms with E-state index in [-0.39, 0.29) is 24.3 Å². The van der Waals surface area contributed by atoms with Crippen LogP contribution in [0.2, 0.25) is 0 Å². The molecule has 1 saturated carbocycles. The van der Waals surface area contributed by atoms with E-state index in [1.54, 1.807) is 0 Å². The van der Waals surface area contributed by atoms with Gasteiger partial charge in [0.05, 0.1) is 6.54 Å². The van der Waals surface area contributed by atoms with Gasteiger partial charge in [0.25, 0.3) is 0 Å². The van der Waals surface area contributed by atoms with E-state index in [1.165, 1.54) is 0 Å². The van der Waals surface area contributed by atoms with Gasteiger partial charge >= 0.3 is 0 Å². The number of nitrogens with one attached hydrogen (secondary N) is 3. The summed E-state index contributed by atoms with van der Waals surface area (Å²) in [5, 5.41) is 8.91. The Bertz CT molecular complexity index is 786. The van der Waals surface area contributed by atoms with E-state index in [2.05, 4.69) is 31.9 Å². The number of carbonyl (C=O) groups excluding carboxylic acids is 2. The molecule has 2 amide bonds. The van der Waals surface area contributed by atoms with Crippen molar-refractivity contribution in [2.75, 3.05) is 22.5 Å². The largest absolute Gasteiger partial charge is 0.376 e. The zero-order chi connectivity index (χ0) is 17.8. The highest BCUT2D eigenvalue weighted by atomic mass is 79.9. The van der Waals surface area contributed by atoms with Crippen molar-refractivity contribution in [1.82, 2.24) is 0 Å². The lowest BCUT2D eigenvalue weighted by Gasteiger charge is -2.14. The van der Waals surface area contributed by atoms with Crippen molar-refractivity contribution in [3.63, 3.8) is 0 Å². The first-order valence-corrected chi connectivity index (χ1v) is 9.02. The molecule has 0 unspecified atom stereocenters. The van der Waals surface area contributed by atoms with Crippen molar-refractivity contribution in [3.05, 3.63) is 52.5 Å². The molecule has 0 aliphatic heterocycles. The van der Waals surface area contributed by atoms with E-state index >= 15 is 0 Å². The topological polar surface area (TPSA) is 70.2 Å². The predicted molar refractivity (Wildman–Crippen MR) is 104 cm³/mol. The lowest BCUT2D eigenvalue weighted by Crippen LogP contribution is -2.22. The second-order valence-corrected chi connectivity index (χ2v) is 7.07. The van der Waals surface area contributed by atoms with Gasteiger partial charge in [0.15, 0.2) is 0 Å². The maximum atomic E-state index is 12.2. The molecule has 0 spiro atoms. The molecular formula is C19H20BrN3O2. The highest BCUT2D eigenvalue weighted by Crippen LogP contribution is 2.31. The third kappa shape index (κ3) is 4.82. The van der Waals surface area contributed by atoms with Crippen molar-refractivity contribution in [1.29, 1.82) is 0 Å². The molecule has 0 saturated heterocycles. The van der Waals surface area contributed by atoms with Crippen LogP contribution >= 0.6 is 15.9 Å². The van der Waals surface area contributed by atoms with Crippen LogP contribution in [0.5, 0.6) is 0 Å². The van der Waals surface area contributed by atoms with Crippen molar-refractivity contribution in [2.45, 2.75) is 19.8 Å². The van der Waals surface area contributed by atoms with Crippen LogP contribution in [0.4, 0.5) is 17.1 Å². The number of carbonyl (C=O) groups is 2. The van der Waals surface area contributed by atoms with Crippen LogP contribution in [-0.2, 0) is 9.59 Å². The van der Waals surface area contributed by atoms with E-state index in [0.29, 0.717) is 5.69 Å². The Morgan fingerprint density at radius 3 is 2.32 bits per heavy atom. The molecule has 2 aromatic rings. The van der Waals surface area contributed by atoms with Crippen LogP contribution < -0.4 is 16.0 Å². The Morgan fingerprint density at radius 1 is 1.04 bits per heavy atom. The minimum Gasteiger partial charge on any atom is -0.376 e. The van der Waals surface area contributed by atoms with Gasteiger partial charge in [0.2, 0.25) is 11.8 Å². The van der Waals surface area contributed by atoms with E-state index < -0.39 is 0 Å². The normalized spacial score (nSPS) is 13.2. The van der Waals surface area contributed by atoms with Gasteiger partial charge < -0.3 is 16.0 Å². The highest BCUT2D eigenvalue weighted by Gasteiger charge is 2.29. The standard InChI is InChI=1S/C19H20BrN3O2/c1-12-16(3-2-4-17(12)23-19(25)13-5-6-13)22-18(24)11-21-15-9-7-14(20)8-10-15/h2-4,7-10,13,21H,5-6,11H2,1H3,(H,22,24)(H,23,25). The van der Waals surface area contributed by atoms with Crippen molar-refractivity contribution >= 4 is 44.8 Å². The Kier molecular flexibility index (Phi) is 5.38. The smallest absolute Gasteiger partial charge is 0.243 e. The molecule has 6 heteroatoms. The molecule has 0 radical (unpaired) electrons. The molecule has 25 heavy (non-hydrogen) atoms. The third-order valence-electron chi connectivity index (χ3n) is 4.11. The number of rotatable bonds is 6. The van der Waals surface area contributed by atoms with Crippen molar-refractivity contribution in [3.8, 4) is 0 Å². The Balaban J connectivity index is 1.58. The molecule has 5 nitrogen and oxygen atoms in total. The first-order chi connectivity index (χ1) is 12.0. The molecule has 0 atom stereocenters. The number of halogens is 1. The van der Waals surface area contributed by atoms with Gasteiger partial charge in [-0.2, -0.15) is 0 Å². The summed E-state index contributed by atoms with van der Waals surface area (Å²) in [6.45, 7) is 2.06. The summed E-state index contributed by atoms with van der Waals surface area (Å²) in [6.07, 6.45) is 1.92. The molecule has 0 aromatic heterocycles. The van der Waals surface area contributed by atoms with E-state index in [9.17, 15) is 9.59 Å². The number of hydrogen-bond donors (Lipinski definition) is 3. The minimum absolute atomic E-state index is 0.0588. The molecule has 1 fully saturated rings. The summed E-state index contributed by atoms with van der Waals surface area (Å²) in [5.74, 6) is 0.0629. The monoisotopic (exact) mass is 401 g/mol. The molecular weight excluding hydrogens is 382 g/mol. The Morgan fingerprint density at radius 2 is 1.68 bits per heavy atom. The molecule has 130 valence electrons. The zero-order valence-electron chi connectivity index (χ0n) is 13.9. The van der Waals surface area contributed by atoms with Crippen LogP contribution in [0.15, 0.2) is 46.9 Å². The number of anilines is 3. The van der Waals surface area contributed by atoms with Gasteiger partial charge in [-0.3, -0.25) is 9.59 Å². The summed E-state index contributed by atoms with van der Waals surface area (Å²) in [7, 11) is 0. The van der Waals surface area contributed by atoms with Gasteiger partial charge in [0, 0.05) is 27.5 Å². The summed E-state index contributed by atoms with van der Waals surface area (Å²) in [6, 6.07) is 13.1. The van der Waals surface area contributed by atoms with Gasteiger partial charge in [-0.1, -0.05) is 22.0 Å². The molecule has 1 aliphatic rings. The lowest BCUT2D eigenvalue weighted by molar-refractivity contribution is -0.117. The SMILES string of the molecule is Cc1c(NC(=O)CNc2ccc(Br)cc2)cccc1NC(=O)C1CC1. The van der Waals surface area contributed by atoms with E-state index in [1.807, 2.05) is 49.4 Å². The van der Waals surface area contributed by atoms with Crippen LogP contribution in [0, 0.1) is 12.8 Å². The van der Waals surface area contributed by atoms with E-state index in [0.717, 1.165) is 34.3 Å². The summed E-state index contributed by atoms with van der Waals surface area (Å²) >= 11 is 3.38. The number of benzene rings is 2. The second kappa shape index (κ2) is 7.70. The van der Waals surface area contributed by atoms with Crippen LogP contribution in [0.1, 0.15) is 18.4 Å². The van der Waals surface area contributed by atoms with Crippen molar-refractivity contribution in [2.24, 2.45) is 5.92 Å². The third-order valence-corrected chi connectivity index (χ3v) is 4.64. The Hall–Kier alpha value is -2.34. The van der Waals surface area contributed by atoms with Crippen molar-refractivity contribution < 1.29 is 9.59 Å². The number of amides is 2. The zero-order valence-corrected chi connectivity index (χ0v) is 15.5. The summed E-state index contributed by atoms with van der Waals surface area (Å²) in [4.78, 5) is 24.1. The van der Waals surface area contributed by atoms with E-state index in [4.69, 9.17) is 0 Å². The maximum Gasteiger partial charge on any atom is 0.243 e. The molecule has 1 aliphatic carbocycles. The maximum absolute atomic E-state index is 12.2. The Labute approximate surface area is 155 Å². The highest BCUT2D eigenvalue weighted by molar-refractivity contribution is 9.10. The quantitative estimate of drug-likeness (QED) is 0.680. The lowest BCUT2D eigenvalue weighted by atomic mass is 10.1.